The third-order valence-corrected chi connectivity index (χ3v) is 4.85. The standard InChI is InChI=1S/C25H25N2O/c1-15(2)13-18-9-12-21(27(6)14-18)23-17(4)7-10-19-22-16(3)8-11-20(26-5)25(22)28-24(19)23/h7-12,14-15H,13H2,1-4,6H3/q+1/i3D3,13D2,14D. The average molecular weight is 376 g/mol. The zero-order valence-corrected chi connectivity index (χ0v) is 16.3. The monoisotopic (exact) mass is 375 g/mol. The summed E-state index contributed by atoms with van der Waals surface area (Å²) in [6.07, 6.45) is -1.62. The Morgan fingerprint density at radius 3 is 2.68 bits per heavy atom. The molecule has 0 aliphatic rings. The Morgan fingerprint density at radius 1 is 1.18 bits per heavy atom. The van der Waals surface area contributed by atoms with Gasteiger partial charge in [0.1, 0.15) is 19.6 Å². The molecule has 4 aromatic rings. The van der Waals surface area contributed by atoms with Crippen molar-refractivity contribution in [1.82, 2.24) is 0 Å². The molecule has 0 spiro atoms. The van der Waals surface area contributed by atoms with Crippen LogP contribution in [-0.2, 0) is 13.4 Å². The van der Waals surface area contributed by atoms with Crippen molar-refractivity contribution in [3.05, 3.63) is 70.7 Å². The van der Waals surface area contributed by atoms with E-state index in [1.807, 2.05) is 13.0 Å². The summed E-state index contributed by atoms with van der Waals surface area (Å²) >= 11 is 0. The molecule has 0 unspecified atom stereocenters. The molecule has 4 rings (SSSR count). The normalized spacial score (nSPS) is 15.6. The van der Waals surface area contributed by atoms with E-state index in [2.05, 4.69) is 4.85 Å². The SMILES string of the molecule is [2H]c1c(C([2H])([2H])C(C)C)ccc(-c2c(C)ccc3c2oc2c([N+]#[C-])ccc(C([2H])([2H])[2H])c23)[n+]1C. The molecule has 3 nitrogen and oxygen atoms in total. The molecule has 0 radical (unpaired) electrons. The summed E-state index contributed by atoms with van der Waals surface area (Å²) in [5.41, 5.74) is 3.47. The molecule has 2 heterocycles. The first-order chi connectivity index (χ1) is 15.8. The van der Waals surface area contributed by atoms with Crippen LogP contribution in [0, 0.1) is 26.3 Å². The minimum Gasteiger partial charge on any atom is -0.466 e. The van der Waals surface area contributed by atoms with E-state index in [1.165, 1.54) is 12.1 Å². The van der Waals surface area contributed by atoms with Gasteiger partial charge < -0.3 is 4.42 Å². The van der Waals surface area contributed by atoms with E-state index in [9.17, 15) is 0 Å². The lowest BCUT2D eigenvalue weighted by Crippen LogP contribution is -2.31. The van der Waals surface area contributed by atoms with Gasteiger partial charge in [-0.2, -0.15) is 0 Å². The largest absolute Gasteiger partial charge is 0.466 e. The number of benzene rings is 2. The minimum absolute atomic E-state index is 0.0498. The van der Waals surface area contributed by atoms with Crippen LogP contribution in [-0.4, -0.2) is 0 Å². The highest BCUT2D eigenvalue weighted by molar-refractivity contribution is 6.14. The van der Waals surface area contributed by atoms with Gasteiger partial charge in [-0.25, -0.2) is 9.41 Å². The number of fused-ring (bicyclic) bond motifs is 3. The minimum atomic E-state index is -2.39. The average Bonchev–Trinajstić information content (AvgIpc) is 3.13. The van der Waals surface area contributed by atoms with Gasteiger partial charge in [-0.3, -0.25) is 0 Å². The summed E-state index contributed by atoms with van der Waals surface area (Å²) in [5.74, 6) is -0.312. The molecule has 0 aliphatic heterocycles. The Kier molecular flexibility index (Phi) is 3.00. The Hall–Kier alpha value is -3.12. The van der Waals surface area contributed by atoms with E-state index in [4.69, 9.17) is 19.2 Å². The van der Waals surface area contributed by atoms with E-state index in [-0.39, 0.29) is 28.9 Å². The molecule has 0 atom stereocenters. The number of aromatic nitrogens is 1. The van der Waals surface area contributed by atoms with Gasteiger partial charge in [0.15, 0.2) is 6.17 Å². The third kappa shape index (κ3) is 2.86. The molecular formula is C25H25N2O+. The number of aryl methyl sites for hydroxylation is 2. The van der Waals surface area contributed by atoms with E-state index < -0.39 is 13.2 Å². The van der Waals surface area contributed by atoms with Crippen molar-refractivity contribution in [2.24, 2.45) is 13.0 Å². The maximum absolute atomic E-state index is 8.68. The van der Waals surface area contributed by atoms with Crippen LogP contribution in [0.1, 0.15) is 38.8 Å². The van der Waals surface area contributed by atoms with Crippen molar-refractivity contribution in [3.8, 4) is 11.3 Å². The van der Waals surface area contributed by atoms with Gasteiger partial charge in [-0.05, 0) is 43.3 Å². The van der Waals surface area contributed by atoms with E-state index in [0.29, 0.717) is 33.2 Å². The lowest BCUT2D eigenvalue weighted by Gasteiger charge is -2.08. The van der Waals surface area contributed by atoms with Gasteiger partial charge in [0.25, 0.3) is 0 Å². The van der Waals surface area contributed by atoms with Gasteiger partial charge in [0, 0.05) is 29.3 Å². The van der Waals surface area contributed by atoms with E-state index >= 15 is 0 Å². The second-order valence-corrected chi connectivity index (χ2v) is 7.29. The van der Waals surface area contributed by atoms with Crippen LogP contribution >= 0.6 is 0 Å². The Morgan fingerprint density at radius 2 is 1.96 bits per heavy atom. The highest BCUT2D eigenvalue weighted by Gasteiger charge is 2.22. The maximum atomic E-state index is 8.68. The number of furan rings is 1. The summed E-state index contributed by atoms with van der Waals surface area (Å²) < 4.78 is 57.3. The second-order valence-electron chi connectivity index (χ2n) is 7.29. The van der Waals surface area contributed by atoms with Gasteiger partial charge in [0.2, 0.25) is 11.4 Å². The Balaban J connectivity index is 2.10. The van der Waals surface area contributed by atoms with Crippen molar-refractivity contribution in [1.29, 1.82) is 0 Å². The molecule has 0 bridgehead atoms. The quantitative estimate of drug-likeness (QED) is 0.298. The van der Waals surface area contributed by atoms with Crippen molar-refractivity contribution in [3.63, 3.8) is 0 Å². The molecule has 0 fully saturated rings. The highest BCUT2D eigenvalue weighted by atomic mass is 16.3. The number of pyridine rings is 1. The zero-order valence-electron chi connectivity index (χ0n) is 22.3. The first-order valence-electron chi connectivity index (χ1n) is 12.2. The fraction of sp³-hybridized carbons (Fsp3) is 0.280. The van der Waals surface area contributed by atoms with Gasteiger partial charge in [-0.1, -0.05) is 38.1 Å². The molecule has 0 aliphatic carbocycles. The maximum Gasteiger partial charge on any atom is 0.229 e. The van der Waals surface area contributed by atoms with Crippen LogP contribution in [0.2, 0.25) is 0 Å². The van der Waals surface area contributed by atoms with Crippen LogP contribution in [0.5, 0.6) is 0 Å². The van der Waals surface area contributed by atoms with Crippen molar-refractivity contribution >= 4 is 27.6 Å². The fourth-order valence-corrected chi connectivity index (χ4v) is 3.63. The molecule has 140 valence electrons. The summed E-state index contributed by atoms with van der Waals surface area (Å²) in [6, 6.07) is 10.0. The summed E-state index contributed by atoms with van der Waals surface area (Å²) in [4.78, 5) is 3.52. The van der Waals surface area contributed by atoms with E-state index in [0.717, 1.165) is 5.56 Å². The smallest absolute Gasteiger partial charge is 0.229 e. The molecule has 2 aromatic carbocycles. The topological polar surface area (TPSA) is 21.4 Å². The first kappa shape index (κ1) is 12.4. The molecule has 0 N–H and O–H groups in total. The zero-order chi connectivity index (χ0) is 25.2. The molecule has 0 amide bonds. The second kappa shape index (κ2) is 6.80. The number of hydrogen-bond acceptors (Lipinski definition) is 1. The van der Waals surface area contributed by atoms with Crippen molar-refractivity contribution < 1.29 is 17.2 Å². The number of hydrogen-bond donors (Lipinski definition) is 0. The van der Waals surface area contributed by atoms with E-state index in [1.54, 1.807) is 43.7 Å². The van der Waals surface area contributed by atoms with Crippen LogP contribution in [0.4, 0.5) is 5.69 Å². The lowest BCUT2D eigenvalue weighted by molar-refractivity contribution is -0.660. The number of rotatable bonds is 3. The third-order valence-electron chi connectivity index (χ3n) is 4.85. The van der Waals surface area contributed by atoms with Gasteiger partial charge >= 0.3 is 0 Å². The van der Waals surface area contributed by atoms with Crippen LogP contribution in [0.25, 0.3) is 38.0 Å². The van der Waals surface area contributed by atoms with Gasteiger partial charge in [0.05, 0.1) is 12.1 Å². The predicted octanol–water partition coefficient (Wildman–Crippen LogP) is 6.44. The summed E-state index contributed by atoms with van der Waals surface area (Å²) in [5, 5.41) is 0.978. The molecule has 2 aromatic heterocycles. The van der Waals surface area contributed by atoms with Crippen molar-refractivity contribution in [2.75, 3.05) is 0 Å². The molecule has 0 saturated heterocycles. The molecule has 3 heteroatoms. The number of nitrogens with zero attached hydrogens (tertiary/aromatic N) is 2. The van der Waals surface area contributed by atoms with Crippen LogP contribution < -0.4 is 4.57 Å². The lowest BCUT2D eigenvalue weighted by atomic mass is 9.98. The van der Waals surface area contributed by atoms with Crippen molar-refractivity contribution in [2.45, 2.75) is 34.0 Å². The molecular weight excluding hydrogens is 344 g/mol. The molecule has 0 saturated carbocycles. The highest BCUT2D eigenvalue weighted by Crippen LogP contribution is 2.41. The van der Waals surface area contributed by atoms with Crippen LogP contribution in [0.15, 0.2) is 47.0 Å². The van der Waals surface area contributed by atoms with Crippen LogP contribution in [0.3, 0.4) is 0 Å². The summed E-state index contributed by atoms with van der Waals surface area (Å²) in [7, 11) is 1.71. The fourth-order valence-electron chi connectivity index (χ4n) is 3.63. The predicted molar refractivity (Wildman–Crippen MR) is 115 cm³/mol. The Bertz CT molecular complexity index is 1490. The molecule has 28 heavy (non-hydrogen) atoms. The van der Waals surface area contributed by atoms with Gasteiger partial charge in [-0.15, -0.1) is 0 Å². The first-order valence-corrected chi connectivity index (χ1v) is 9.18. The summed E-state index contributed by atoms with van der Waals surface area (Å²) in [6.45, 7) is 10.6. The Labute approximate surface area is 174 Å².